The zero-order chi connectivity index (χ0) is 13.5. The number of hydrogen-bond donors (Lipinski definition) is 1. The van der Waals surface area contributed by atoms with E-state index in [4.69, 9.17) is 0 Å². The van der Waals surface area contributed by atoms with Gasteiger partial charge in [0, 0.05) is 12.7 Å². The summed E-state index contributed by atoms with van der Waals surface area (Å²) in [6.45, 7) is 2.75. The van der Waals surface area contributed by atoms with E-state index in [1.54, 1.807) is 11.1 Å². The molecule has 2 aromatic rings. The molecule has 1 amide bonds. The number of rotatable bonds is 6. The van der Waals surface area contributed by atoms with E-state index in [0.717, 1.165) is 30.0 Å². The summed E-state index contributed by atoms with van der Waals surface area (Å²) in [5.74, 6) is 0.761. The first-order chi connectivity index (χ1) is 9.35. The molecule has 0 saturated carbocycles. The van der Waals surface area contributed by atoms with Crippen molar-refractivity contribution < 1.29 is 4.79 Å². The maximum absolute atomic E-state index is 11.2. The number of amides is 1. The number of carbonyl (C=O) groups excluding carboxylic acids is 1. The molecular weight excluding hydrogens is 238 g/mol. The van der Waals surface area contributed by atoms with E-state index in [9.17, 15) is 4.79 Å². The number of nitrogens with one attached hydrogen (secondary N) is 1. The number of benzene rings is 1. The molecule has 1 heterocycles. The van der Waals surface area contributed by atoms with Crippen LogP contribution in [-0.2, 0) is 4.79 Å². The van der Waals surface area contributed by atoms with Gasteiger partial charge < -0.3 is 10.2 Å². The molecule has 4 nitrogen and oxygen atoms in total. The molecule has 0 fully saturated rings. The van der Waals surface area contributed by atoms with Gasteiger partial charge in [-0.3, -0.25) is 4.79 Å². The molecule has 98 valence electrons. The molecule has 0 aliphatic heterocycles. The molecule has 4 heteroatoms. The van der Waals surface area contributed by atoms with Crippen LogP contribution in [0.5, 0.6) is 0 Å². The summed E-state index contributed by atoms with van der Waals surface area (Å²) in [5, 5.41) is 3.23. The molecule has 0 saturated heterocycles. The van der Waals surface area contributed by atoms with Crippen LogP contribution in [-0.4, -0.2) is 17.9 Å². The highest BCUT2D eigenvalue weighted by atomic mass is 16.1. The molecule has 0 bridgehead atoms. The number of carbonyl (C=O) groups is 1. The highest BCUT2D eigenvalue weighted by Crippen LogP contribution is 2.27. The normalized spacial score (nSPS) is 9.95. The zero-order valence-corrected chi connectivity index (χ0v) is 10.9. The van der Waals surface area contributed by atoms with E-state index in [1.807, 2.05) is 49.4 Å². The van der Waals surface area contributed by atoms with Crippen molar-refractivity contribution in [3.05, 3.63) is 48.7 Å². The van der Waals surface area contributed by atoms with Gasteiger partial charge in [0.25, 0.3) is 0 Å². The van der Waals surface area contributed by atoms with Crippen molar-refractivity contribution in [1.29, 1.82) is 0 Å². The number of para-hydroxylation sites is 2. The van der Waals surface area contributed by atoms with Gasteiger partial charge in [-0.1, -0.05) is 25.1 Å². The number of hydrogen-bond acceptors (Lipinski definition) is 3. The molecule has 0 radical (unpaired) electrons. The monoisotopic (exact) mass is 255 g/mol. The summed E-state index contributed by atoms with van der Waals surface area (Å²) < 4.78 is 0. The topological polar surface area (TPSA) is 45.2 Å². The fourth-order valence-corrected chi connectivity index (χ4v) is 1.88. The third kappa shape index (κ3) is 3.31. The maximum Gasteiger partial charge on any atom is 0.214 e. The predicted molar refractivity (Wildman–Crippen MR) is 77.7 cm³/mol. The van der Waals surface area contributed by atoms with E-state index in [2.05, 4.69) is 10.3 Å². The van der Waals surface area contributed by atoms with Crippen LogP contribution in [0.4, 0.5) is 17.2 Å². The Labute approximate surface area is 113 Å². The summed E-state index contributed by atoms with van der Waals surface area (Å²) >= 11 is 0. The fraction of sp³-hybridized carbons (Fsp3) is 0.200. The third-order valence-electron chi connectivity index (χ3n) is 2.73. The minimum absolute atomic E-state index is 0.699. The number of nitrogens with zero attached hydrogens (tertiary/aromatic N) is 2. The molecule has 1 aromatic carbocycles. The lowest BCUT2D eigenvalue weighted by molar-refractivity contribution is -0.107. The second-order valence-corrected chi connectivity index (χ2v) is 4.16. The van der Waals surface area contributed by atoms with Crippen LogP contribution in [0.15, 0.2) is 48.7 Å². The van der Waals surface area contributed by atoms with Crippen LogP contribution < -0.4 is 10.2 Å². The van der Waals surface area contributed by atoms with Crippen LogP contribution in [0, 0.1) is 0 Å². The molecule has 0 aliphatic rings. The van der Waals surface area contributed by atoms with Gasteiger partial charge in [0.05, 0.1) is 11.4 Å². The first kappa shape index (κ1) is 13.1. The average molecular weight is 255 g/mol. The summed E-state index contributed by atoms with van der Waals surface area (Å²) in [6.07, 6.45) is 3.51. The summed E-state index contributed by atoms with van der Waals surface area (Å²) in [6, 6.07) is 13.4. The molecule has 0 atom stereocenters. The van der Waals surface area contributed by atoms with E-state index < -0.39 is 0 Å². The first-order valence-corrected chi connectivity index (χ1v) is 6.34. The molecule has 1 N–H and O–H groups in total. The van der Waals surface area contributed by atoms with Crippen LogP contribution in [0.2, 0.25) is 0 Å². The second kappa shape index (κ2) is 6.54. The number of aromatic nitrogens is 1. The second-order valence-electron chi connectivity index (χ2n) is 4.16. The Morgan fingerprint density at radius 3 is 2.68 bits per heavy atom. The van der Waals surface area contributed by atoms with Gasteiger partial charge in [-0.25, -0.2) is 4.98 Å². The summed E-state index contributed by atoms with van der Waals surface area (Å²) in [5.41, 5.74) is 1.74. The Morgan fingerprint density at radius 1 is 1.21 bits per heavy atom. The van der Waals surface area contributed by atoms with Gasteiger partial charge in [-0.2, -0.15) is 0 Å². The molecular formula is C15H17N3O. The Kier molecular flexibility index (Phi) is 4.50. The number of anilines is 3. The summed E-state index contributed by atoms with van der Waals surface area (Å²) in [4.78, 5) is 17.1. The van der Waals surface area contributed by atoms with Crippen molar-refractivity contribution in [2.75, 3.05) is 16.8 Å². The van der Waals surface area contributed by atoms with Gasteiger partial charge >= 0.3 is 0 Å². The van der Waals surface area contributed by atoms with Crippen molar-refractivity contribution in [3.8, 4) is 0 Å². The maximum atomic E-state index is 11.2. The van der Waals surface area contributed by atoms with Crippen LogP contribution in [0.3, 0.4) is 0 Å². The standard InChI is InChI=1S/C15H17N3O/c1-2-11-18(12-19)14-8-4-3-7-13(14)17-15-9-5-6-10-16-15/h3-10,12H,2,11H2,1H3,(H,16,17). The van der Waals surface area contributed by atoms with Crippen LogP contribution in [0.25, 0.3) is 0 Å². The molecule has 1 aromatic heterocycles. The van der Waals surface area contributed by atoms with Gasteiger partial charge in [-0.15, -0.1) is 0 Å². The van der Waals surface area contributed by atoms with Gasteiger partial charge in [0.1, 0.15) is 5.82 Å². The highest BCUT2D eigenvalue weighted by Gasteiger charge is 2.09. The fourth-order valence-electron chi connectivity index (χ4n) is 1.88. The smallest absolute Gasteiger partial charge is 0.214 e. The van der Waals surface area contributed by atoms with Crippen molar-refractivity contribution in [1.82, 2.24) is 4.98 Å². The minimum Gasteiger partial charge on any atom is -0.339 e. The highest BCUT2D eigenvalue weighted by molar-refractivity contribution is 5.85. The van der Waals surface area contributed by atoms with E-state index in [1.165, 1.54) is 0 Å². The van der Waals surface area contributed by atoms with Crippen LogP contribution in [0.1, 0.15) is 13.3 Å². The van der Waals surface area contributed by atoms with E-state index in [0.29, 0.717) is 6.54 Å². The Bertz CT molecular complexity index is 528. The Balaban J connectivity index is 2.28. The lowest BCUT2D eigenvalue weighted by Gasteiger charge is -2.20. The SMILES string of the molecule is CCCN(C=O)c1ccccc1Nc1ccccn1. The van der Waals surface area contributed by atoms with Crippen molar-refractivity contribution in [2.45, 2.75) is 13.3 Å². The quantitative estimate of drug-likeness (QED) is 0.806. The van der Waals surface area contributed by atoms with Crippen molar-refractivity contribution in [3.63, 3.8) is 0 Å². The Morgan fingerprint density at radius 2 is 2.00 bits per heavy atom. The van der Waals surface area contributed by atoms with E-state index in [-0.39, 0.29) is 0 Å². The van der Waals surface area contributed by atoms with Crippen LogP contribution >= 0.6 is 0 Å². The molecule has 0 aliphatic carbocycles. The lowest BCUT2D eigenvalue weighted by Crippen LogP contribution is -2.22. The molecule has 0 spiro atoms. The molecule has 0 unspecified atom stereocenters. The lowest BCUT2D eigenvalue weighted by atomic mass is 10.2. The van der Waals surface area contributed by atoms with Gasteiger partial charge in [0.15, 0.2) is 0 Å². The predicted octanol–water partition coefficient (Wildman–Crippen LogP) is 3.20. The van der Waals surface area contributed by atoms with E-state index >= 15 is 0 Å². The molecule has 2 rings (SSSR count). The average Bonchev–Trinajstić information content (AvgIpc) is 2.47. The minimum atomic E-state index is 0.699. The van der Waals surface area contributed by atoms with Crippen molar-refractivity contribution >= 4 is 23.6 Å². The number of pyridine rings is 1. The molecule has 19 heavy (non-hydrogen) atoms. The van der Waals surface area contributed by atoms with Gasteiger partial charge in [-0.05, 0) is 30.7 Å². The van der Waals surface area contributed by atoms with Gasteiger partial charge in [0.2, 0.25) is 6.41 Å². The third-order valence-corrected chi connectivity index (χ3v) is 2.73. The first-order valence-electron chi connectivity index (χ1n) is 6.34. The van der Waals surface area contributed by atoms with Crippen molar-refractivity contribution in [2.24, 2.45) is 0 Å². The Hall–Kier alpha value is -2.36. The zero-order valence-electron chi connectivity index (χ0n) is 10.9. The largest absolute Gasteiger partial charge is 0.339 e. The summed E-state index contributed by atoms with van der Waals surface area (Å²) in [7, 11) is 0.